The zero-order valence-electron chi connectivity index (χ0n) is 9.94. The van der Waals surface area contributed by atoms with Gasteiger partial charge in [-0.2, -0.15) is 13.2 Å². The maximum absolute atomic E-state index is 12.4. The van der Waals surface area contributed by atoms with E-state index in [4.69, 9.17) is 10.5 Å². The number of pyridine rings is 1. The number of hydrogen-bond donors (Lipinski definition) is 1. The van der Waals surface area contributed by atoms with Gasteiger partial charge in [-0.15, -0.1) is 0 Å². The molecule has 0 aliphatic heterocycles. The van der Waals surface area contributed by atoms with Crippen molar-refractivity contribution in [3.05, 3.63) is 53.7 Å². The Morgan fingerprint density at radius 1 is 1.20 bits per heavy atom. The van der Waals surface area contributed by atoms with Crippen LogP contribution in [0.15, 0.2) is 36.4 Å². The summed E-state index contributed by atoms with van der Waals surface area (Å²) in [7, 11) is 0. The summed E-state index contributed by atoms with van der Waals surface area (Å²) in [6.07, 6.45) is -4.41. The van der Waals surface area contributed by atoms with Crippen molar-refractivity contribution in [2.24, 2.45) is 5.73 Å². The van der Waals surface area contributed by atoms with Gasteiger partial charge in [0, 0.05) is 12.1 Å². The van der Waals surface area contributed by atoms with E-state index in [-0.39, 0.29) is 17.3 Å². The first kappa shape index (κ1) is 13.9. The topological polar surface area (TPSA) is 65.2 Å². The highest BCUT2D eigenvalue weighted by atomic mass is 19.4. The minimum Gasteiger partial charge on any atom is -0.439 e. The second-order valence-electron chi connectivity index (χ2n) is 3.76. The zero-order chi connectivity index (χ0) is 14.8. The highest BCUT2D eigenvalue weighted by Crippen LogP contribution is 2.31. The molecule has 4 nitrogen and oxygen atoms in total. The molecule has 0 atom stereocenters. The van der Waals surface area contributed by atoms with Crippen molar-refractivity contribution >= 4 is 5.91 Å². The number of hydrogen-bond acceptors (Lipinski definition) is 3. The lowest BCUT2D eigenvalue weighted by Gasteiger charge is -2.08. The highest BCUT2D eigenvalue weighted by molar-refractivity contribution is 5.90. The maximum atomic E-state index is 12.4. The summed E-state index contributed by atoms with van der Waals surface area (Å²) in [5, 5.41) is 0. The molecule has 1 amide bonds. The van der Waals surface area contributed by atoms with Gasteiger partial charge in [0.25, 0.3) is 5.91 Å². The van der Waals surface area contributed by atoms with Crippen molar-refractivity contribution < 1.29 is 22.7 Å². The number of primary amides is 1. The first-order valence-electron chi connectivity index (χ1n) is 5.40. The van der Waals surface area contributed by atoms with Crippen LogP contribution < -0.4 is 10.5 Å². The van der Waals surface area contributed by atoms with Gasteiger partial charge < -0.3 is 10.5 Å². The van der Waals surface area contributed by atoms with E-state index in [0.29, 0.717) is 0 Å². The molecular weight excluding hydrogens is 273 g/mol. The van der Waals surface area contributed by atoms with Crippen LogP contribution >= 0.6 is 0 Å². The van der Waals surface area contributed by atoms with Crippen LogP contribution in [0.5, 0.6) is 11.6 Å². The number of benzene rings is 1. The highest BCUT2D eigenvalue weighted by Gasteiger charge is 2.30. The molecule has 1 heterocycles. The number of amides is 1. The number of aromatic nitrogens is 1. The Morgan fingerprint density at radius 3 is 2.40 bits per heavy atom. The first-order chi connectivity index (χ1) is 9.36. The molecule has 0 bridgehead atoms. The van der Waals surface area contributed by atoms with Crippen LogP contribution in [0, 0.1) is 6.07 Å². The molecule has 2 aromatic rings. The molecule has 1 radical (unpaired) electrons. The van der Waals surface area contributed by atoms with Crippen molar-refractivity contribution in [1.82, 2.24) is 4.98 Å². The van der Waals surface area contributed by atoms with Gasteiger partial charge in [0.05, 0.1) is 5.56 Å². The fourth-order valence-electron chi connectivity index (χ4n) is 1.39. The minimum absolute atomic E-state index is 0.0392. The lowest BCUT2D eigenvalue weighted by molar-refractivity contribution is -0.137. The fourth-order valence-corrected chi connectivity index (χ4v) is 1.39. The number of ether oxygens (including phenoxy) is 1. The molecule has 7 heteroatoms. The SMILES string of the molecule is NC(=O)c1[c]ccc(Oc2ccc(C(F)(F)F)cc2)n1. The van der Waals surface area contributed by atoms with Crippen molar-refractivity contribution in [1.29, 1.82) is 0 Å². The number of alkyl halides is 3. The Morgan fingerprint density at radius 2 is 1.85 bits per heavy atom. The summed E-state index contributed by atoms with van der Waals surface area (Å²) in [6.45, 7) is 0. The van der Waals surface area contributed by atoms with E-state index < -0.39 is 17.6 Å². The van der Waals surface area contributed by atoms with Gasteiger partial charge in [0.15, 0.2) is 0 Å². The van der Waals surface area contributed by atoms with Crippen LogP contribution in [0.1, 0.15) is 16.1 Å². The van der Waals surface area contributed by atoms with Crippen LogP contribution in [-0.2, 0) is 6.18 Å². The summed E-state index contributed by atoms with van der Waals surface area (Å²) >= 11 is 0. The van der Waals surface area contributed by atoms with Gasteiger partial charge in [-0.05, 0) is 30.3 Å². The van der Waals surface area contributed by atoms with E-state index in [0.717, 1.165) is 24.3 Å². The Bertz CT molecular complexity index is 624. The molecule has 0 spiro atoms. The quantitative estimate of drug-likeness (QED) is 0.940. The number of rotatable bonds is 3. The third-order valence-electron chi connectivity index (χ3n) is 2.31. The molecule has 2 rings (SSSR count). The molecule has 1 aromatic heterocycles. The van der Waals surface area contributed by atoms with E-state index >= 15 is 0 Å². The Kier molecular flexibility index (Phi) is 3.60. The van der Waals surface area contributed by atoms with E-state index in [1.807, 2.05) is 0 Å². The molecule has 20 heavy (non-hydrogen) atoms. The maximum Gasteiger partial charge on any atom is 0.416 e. The lowest BCUT2D eigenvalue weighted by atomic mass is 10.2. The standard InChI is InChI=1S/C13H8F3N2O2/c14-13(15,16)8-4-6-9(7-5-8)20-11-3-1-2-10(18-11)12(17)19/h1,3-7H,(H2,17,19). The van der Waals surface area contributed by atoms with Crippen molar-refractivity contribution in [3.8, 4) is 11.6 Å². The van der Waals surface area contributed by atoms with E-state index in [9.17, 15) is 18.0 Å². The monoisotopic (exact) mass is 281 g/mol. The third-order valence-corrected chi connectivity index (χ3v) is 2.31. The van der Waals surface area contributed by atoms with E-state index in [1.165, 1.54) is 12.1 Å². The van der Waals surface area contributed by atoms with Crippen LogP contribution in [0.25, 0.3) is 0 Å². The van der Waals surface area contributed by atoms with Gasteiger partial charge in [-0.3, -0.25) is 4.79 Å². The molecule has 1 aromatic carbocycles. The Hall–Kier alpha value is -2.57. The fraction of sp³-hybridized carbons (Fsp3) is 0.0769. The van der Waals surface area contributed by atoms with Crippen molar-refractivity contribution in [2.45, 2.75) is 6.18 Å². The predicted octanol–water partition coefficient (Wildman–Crippen LogP) is 2.79. The Labute approximate surface area is 112 Å². The molecule has 0 saturated heterocycles. The summed E-state index contributed by atoms with van der Waals surface area (Å²) in [5.74, 6) is -0.577. The molecule has 103 valence electrons. The predicted molar refractivity (Wildman–Crippen MR) is 63.1 cm³/mol. The van der Waals surface area contributed by atoms with Gasteiger partial charge in [-0.25, -0.2) is 4.98 Å². The van der Waals surface area contributed by atoms with Crippen LogP contribution in [0.4, 0.5) is 13.2 Å². The second kappa shape index (κ2) is 5.20. The van der Waals surface area contributed by atoms with Crippen LogP contribution in [0.3, 0.4) is 0 Å². The minimum atomic E-state index is -4.41. The largest absolute Gasteiger partial charge is 0.439 e. The molecule has 2 N–H and O–H groups in total. The number of carbonyl (C=O) groups excluding carboxylic acids is 1. The molecule has 0 aliphatic carbocycles. The summed E-state index contributed by atoms with van der Waals surface area (Å²) in [6, 6.07) is 9.39. The van der Waals surface area contributed by atoms with Gasteiger partial charge in [-0.1, -0.05) is 0 Å². The van der Waals surface area contributed by atoms with Gasteiger partial charge in [0.1, 0.15) is 11.4 Å². The van der Waals surface area contributed by atoms with Crippen molar-refractivity contribution in [2.75, 3.05) is 0 Å². The lowest BCUT2D eigenvalue weighted by Crippen LogP contribution is -2.13. The summed E-state index contributed by atoms with van der Waals surface area (Å²) < 4.78 is 42.4. The second-order valence-corrected chi connectivity index (χ2v) is 3.76. The summed E-state index contributed by atoms with van der Waals surface area (Å²) in [4.78, 5) is 14.7. The average molecular weight is 281 g/mol. The average Bonchev–Trinajstić information content (AvgIpc) is 2.38. The van der Waals surface area contributed by atoms with E-state index in [2.05, 4.69) is 11.1 Å². The first-order valence-corrected chi connectivity index (χ1v) is 5.40. The number of nitrogens with two attached hydrogens (primary N) is 1. The molecular formula is C13H8F3N2O2. The normalized spacial score (nSPS) is 11.2. The number of carbonyl (C=O) groups is 1. The number of nitrogens with zero attached hydrogens (tertiary/aromatic N) is 1. The summed E-state index contributed by atoms with van der Waals surface area (Å²) in [5.41, 5.74) is 4.13. The molecule has 0 aliphatic rings. The number of halogens is 3. The molecule has 0 fully saturated rings. The van der Waals surface area contributed by atoms with Crippen molar-refractivity contribution in [3.63, 3.8) is 0 Å². The molecule has 0 saturated carbocycles. The van der Waals surface area contributed by atoms with Gasteiger partial charge in [0.2, 0.25) is 5.88 Å². The van der Waals surface area contributed by atoms with Crippen LogP contribution in [0.2, 0.25) is 0 Å². The van der Waals surface area contributed by atoms with Crippen LogP contribution in [-0.4, -0.2) is 10.9 Å². The van der Waals surface area contributed by atoms with Gasteiger partial charge >= 0.3 is 6.18 Å². The van der Waals surface area contributed by atoms with E-state index in [1.54, 1.807) is 0 Å². The Balaban J connectivity index is 2.18. The molecule has 0 unspecified atom stereocenters. The zero-order valence-corrected chi connectivity index (χ0v) is 9.94. The third kappa shape index (κ3) is 3.25. The smallest absolute Gasteiger partial charge is 0.416 e.